The molecule has 2 amide bonds. The molecule has 0 saturated heterocycles. The van der Waals surface area contributed by atoms with Crippen molar-refractivity contribution in [3.05, 3.63) is 52.5 Å². The molecule has 0 spiro atoms. The Kier molecular flexibility index (Phi) is 5.78. The number of rotatable bonds is 5. The molecule has 2 aromatic rings. The molecule has 126 valence electrons. The van der Waals surface area contributed by atoms with E-state index in [0.717, 1.165) is 5.56 Å². The standard InChI is InChI=1S/C17H17ClN2O4/c1-10-7-14(15(24-2)8-12(10)18)20-17(23)11-5-3-4-6-13(11)19-16(22)9-21/h3-8,21H,9H2,1-2H3,(H,19,22)(H,20,23). The smallest absolute Gasteiger partial charge is 0.257 e. The van der Waals surface area contributed by atoms with Crippen LogP contribution in [0.15, 0.2) is 36.4 Å². The number of ether oxygens (including phenoxy) is 1. The van der Waals surface area contributed by atoms with Crippen LogP contribution in [0, 0.1) is 6.92 Å². The van der Waals surface area contributed by atoms with E-state index in [4.69, 9.17) is 21.4 Å². The summed E-state index contributed by atoms with van der Waals surface area (Å²) in [4.78, 5) is 23.9. The van der Waals surface area contributed by atoms with Gasteiger partial charge in [-0.1, -0.05) is 23.7 Å². The lowest BCUT2D eigenvalue weighted by molar-refractivity contribution is -0.118. The van der Waals surface area contributed by atoms with Gasteiger partial charge in [0.25, 0.3) is 5.91 Å². The van der Waals surface area contributed by atoms with Gasteiger partial charge in [0.05, 0.1) is 24.0 Å². The molecule has 0 radical (unpaired) electrons. The third-order valence-electron chi connectivity index (χ3n) is 3.32. The van der Waals surface area contributed by atoms with E-state index in [1.807, 2.05) is 6.92 Å². The topological polar surface area (TPSA) is 87.7 Å². The van der Waals surface area contributed by atoms with Crippen molar-refractivity contribution >= 4 is 34.8 Å². The molecule has 0 unspecified atom stereocenters. The molecular weight excluding hydrogens is 332 g/mol. The fourth-order valence-electron chi connectivity index (χ4n) is 2.10. The van der Waals surface area contributed by atoms with E-state index in [0.29, 0.717) is 22.1 Å². The van der Waals surface area contributed by atoms with E-state index in [-0.39, 0.29) is 5.56 Å². The maximum atomic E-state index is 12.6. The molecular formula is C17H17ClN2O4. The van der Waals surface area contributed by atoms with Crippen LogP contribution in [0.2, 0.25) is 5.02 Å². The summed E-state index contributed by atoms with van der Waals surface area (Å²) in [6, 6.07) is 9.81. The Balaban J connectivity index is 2.31. The van der Waals surface area contributed by atoms with Crippen molar-refractivity contribution in [2.45, 2.75) is 6.92 Å². The summed E-state index contributed by atoms with van der Waals surface area (Å²) < 4.78 is 5.23. The number of para-hydroxylation sites is 1. The summed E-state index contributed by atoms with van der Waals surface area (Å²) in [5.41, 5.74) is 1.81. The molecule has 6 nitrogen and oxygen atoms in total. The number of halogens is 1. The highest BCUT2D eigenvalue weighted by molar-refractivity contribution is 6.31. The van der Waals surface area contributed by atoms with Crippen molar-refractivity contribution in [2.24, 2.45) is 0 Å². The maximum absolute atomic E-state index is 12.6. The van der Waals surface area contributed by atoms with Gasteiger partial charge in [0, 0.05) is 11.1 Å². The summed E-state index contributed by atoms with van der Waals surface area (Å²) in [5, 5.41) is 14.6. The van der Waals surface area contributed by atoms with E-state index in [2.05, 4.69) is 10.6 Å². The highest BCUT2D eigenvalue weighted by atomic mass is 35.5. The van der Waals surface area contributed by atoms with Crippen LogP contribution in [0.25, 0.3) is 0 Å². The van der Waals surface area contributed by atoms with Crippen LogP contribution in [0.4, 0.5) is 11.4 Å². The number of hydrogen-bond acceptors (Lipinski definition) is 4. The number of carbonyl (C=O) groups excluding carboxylic acids is 2. The number of aliphatic hydroxyl groups is 1. The first-order valence-corrected chi connectivity index (χ1v) is 7.49. The lowest BCUT2D eigenvalue weighted by Crippen LogP contribution is -2.20. The Labute approximate surface area is 144 Å². The number of carbonyl (C=O) groups is 2. The fourth-order valence-corrected chi connectivity index (χ4v) is 2.25. The molecule has 0 bridgehead atoms. The third-order valence-corrected chi connectivity index (χ3v) is 3.73. The van der Waals surface area contributed by atoms with Gasteiger partial charge in [-0.2, -0.15) is 0 Å². The molecule has 2 aromatic carbocycles. The number of hydrogen-bond donors (Lipinski definition) is 3. The number of nitrogens with one attached hydrogen (secondary N) is 2. The summed E-state index contributed by atoms with van der Waals surface area (Å²) in [6.45, 7) is 1.15. The van der Waals surface area contributed by atoms with Crippen molar-refractivity contribution < 1.29 is 19.4 Å². The van der Waals surface area contributed by atoms with Gasteiger partial charge >= 0.3 is 0 Å². The zero-order valence-electron chi connectivity index (χ0n) is 13.2. The van der Waals surface area contributed by atoms with Crippen LogP contribution in [-0.4, -0.2) is 30.6 Å². The number of benzene rings is 2. The molecule has 0 aliphatic carbocycles. The largest absolute Gasteiger partial charge is 0.495 e. The van der Waals surface area contributed by atoms with Crippen LogP contribution < -0.4 is 15.4 Å². The normalized spacial score (nSPS) is 10.2. The monoisotopic (exact) mass is 348 g/mol. The number of amides is 2. The second-order valence-corrected chi connectivity index (χ2v) is 5.41. The lowest BCUT2D eigenvalue weighted by Gasteiger charge is -2.14. The average Bonchev–Trinajstić information content (AvgIpc) is 2.58. The van der Waals surface area contributed by atoms with E-state index in [1.165, 1.54) is 7.11 Å². The minimum Gasteiger partial charge on any atom is -0.495 e. The Morgan fingerprint density at radius 1 is 1.17 bits per heavy atom. The van der Waals surface area contributed by atoms with Crippen LogP contribution >= 0.6 is 11.6 Å². The molecule has 7 heteroatoms. The van der Waals surface area contributed by atoms with E-state index in [1.54, 1.807) is 36.4 Å². The van der Waals surface area contributed by atoms with Crippen LogP contribution in [0.5, 0.6) is 5.75 Å². The first-order valence-electron chi connectivity index (χ1n) is 7.11. The van der Waals surface area contributed by atoms with E-state index < -0.39 is 18.4 Å². The molecule has 3 N–H and O–H groups in total. The second kappa shape index (κ2) is 7.81. The van der Waals surface area contributed by atoms with Gasteiger partial charge in [0.1, 0.15) is 12.4 Å². The van der Waals surface area contributed by atoms with Gasteiger partial charge in [-0.3, -0.25) is 9.59 Å². The van der Waals surface area contributed by atoms with Crippen molar-refractivity contribution in [1.29, 1.82) is 0 Å². The Hall–Kier alpha value is -2.57. The van der Waals surface area contributed by atoms with Crippen LogP contribution in [0.1, 0.15) is 15.9 Å². The highest BCUT2D eigenvalue weighted by Crippen LogP contribution is 2.31. The van der Waals surface area contributed by atoms with Crippen molar-refractivity contribution in [2.75, 3.05) is 24.4 Å². The number of anilines is 2. The number of methoxy groups -OCH3 is 1. The maximum Gasteiger partial charge on any atom is 0.257 e. The molecule has 0 heterocycles. The summed E-state index contributed by atoms with van der Waals surface area (Å²) in [5.74, 6) is -0.602. The van der Waals surface area contributed by atoms with Gasteiger partial charge < -0.3 is 20.5 Å². The Morgan fingerprint density at radius 2 is 1.88 bits per heavy atom. The van der Waals surface area contributed by atoms with E-state index in [9.17, 15) is 9.59 Å². The molecule has 0 aliphatic heterocycles. The number of aryl methyl sites for hydroxylation is 1. The molecule has 0 saturated carbocycles. The molecule has 0 atom stereocenters. The highest BCUT2D eigenvalue weighted by Gasteiger charge is 2.15. The quantitative estimate of drug-likeness (QED) is 0.775. The SMILES string of the molecule is COc1cc(Cl)c(C)cc1NC(=O)c1ccccc1NC(=O)CO. The second-order valence-electron chi connectivity index (χ2n) is 5.01. The third kappa shape index (κ3) is 4.04. The van der Waals surface area contributed by atoms with Crippen molar-refractivity contribution in [3.8, 4) is 5.75 Å². The van der Waals surface area contributed by atoms with Crippen molar-refractivity contribution in [3.63, 3.8) is 0 Å². The van der Waals surface area contributed by atoms with Crippen LogP contribution in [-0.2, 0) is 4.79 Å². The van der Waals surface area contributed by atoms with Gasteiger partial charge in [-0.15, -0.1) is 0 Å². The Bertz CT molecular complexity index is 777. The van der Waals surface area contributed by atoms with Gasteiger partial charge in [-0.05, 0) is 30.7 Å². The molecule has 2 rings (SSSR count). The zero-order valence-corrected chi connectivity index (χ0v) is 14.0. The minimum absolute atomic E-state index is 0.258. The average molecular weight is 349 g/mol. The predicted molar refractivity (Wildman–Crippen MR) is 92.9 cm³/mol. The first-order chi connectivity index (χ1) is 11.5. The number of aliphatic hydroxyl groups excluding tert-OH is 1. The first kappa shape index (κ1) is 17.8. The molecule has 0 fully saturated rings. The fraction of sp³-hybridized carbons (Fsp3) is 0.176. The minimum atomic E-state index is -0.667. The van der Waals surface area contributed by atoms with Gasteiger partial charge in [-0.25, -0.2) is 0 Å². The zero-order chi connectivity index (χ0) is 17.7. The predicted octanol–water partition coefficient (Wildman–Crippen LogP) is 2.84. The van der Waals surface area contributed by atoms with E-state index >= 15 is 0 Å². The van der Waals surface area contributed by atoms with Crippen LogP contribution in [0.3, 0.4) is 0 Å². The summed E-state index contributed by atoms with van der Waals surface area (Å²) in [6.07, 6.45) is 0. The summed E-state index contributed by atoms with van der Waals surface area (Å²) >= 11 is 6.05. The molecule has 24 heavy (non-hydrogen) atoms. The van der Waals surface area contributed by atoms with Crippen molar-refractivity contribution in [1.82, 2.24) is 0 Å². The van der Waals surface area contributed by atoms with Gasteiger partial charge in [0.15, 0.2) is 0 Å². The molecule has 0 aromatic heterocycles. The molecule has 0 aliphatic rings. The lowest BCUT2D eigenvalue weighted by atomic mass is 10.1. The Morgan fingerprint density at radius 3 is 2.54 bits per heavy atom. The van der Waals surface area contributed by atoms with Gasteiger partial charge in [0.2, 0.25) is 5.91 Å². The summed E-state index contributed by atoms with van der Waals surface area (Å²) in [7, 11) is 1.48.